The zero-order valence-electron chi connectivity index (χ0n) is 22.3. The van der Waals surface area contributed by atoms with E-state index in [1.165, 1.54) is 9.80 Å². The maximum atomic E-state index is 13.9. The lowest BCUT2D eigenvalue weighted by Crippen LogP contribution is -2.64. The highest BCUT2D eigenvalue weighted by molar-refractivity contribution is 6.30. The quantitative estimate of drug-likeness (QED) is 0.374. The van der Waals surface area contributed by atoms with Crippen molar-refractivity contribution in [3.8, 4) is 0 Å². The number of rotatable bonds is 7. The average molecular weight is 563 g/mol. The van der Waals surface area contributed by atoms with Crippen molar-refractivity contribution >= 4 is 41.1 Å². The van der Waals surface area contributed by atoms with Crippen molar-refractivity contribution < 1.29 is 24.3 Å². The molecule has 0 aliphatic carbocycles. The van der Waals surface area contributed by atoms with Gasteiger partial charge in [0.15, 0.2) is 6.17 Å². The van der Waals surface area contributed by atoms with Crippen molar-refractivity contribution in [2.24, 2.45) is 0 Å². The van der Waals surface area contributed by atoms with Crippen molar-refractivity contribution in [3.05, 3.63) is 100 Å². The second kappa shape index (κ2) is 12.7. The third-order valence-electron chi connectivity index (χ3n) is 6.64. The Hall–Kier alpha value is -4.37. The van der Waals surface area contributed by atoms with Gasteiger partial charge in [-0.05, 0) is 67.8 Å². The van der Waals surface area contributed by atoms with Gasteiger partial charge in [-0.25, -0.2) is 4.79 Å². The second-order valence-electron chi connectivity index (χ2n) is 9.80. The van der Waals surface area contributed by atoms with Gasteiger partial charge in [0.25, 0.3) is 11.8 Å². The molecule has 1 aliphatic rings. The molecule has 2 atom stereocenters. The number of hydrogen-bond donors (Lipinski definition) is 3. The molecule has 0 bridgehead atoms. The van der Waals surface area contributed by atoms with E-state index >= 15 is 0 Å². The number of carbonyl (C=O) groups excluding carboxylic acids is 3. The molecule has 1 saturated heterocycles. The van der Waals surface area contributed by atoms with Crippen LogP contribution in [0, 0.1) is 13.8 Å². The first kappa shape index (κ1) is 28.6. The third-order valence-corrected chi connectivity index (χ3v) is 6.90. The van der Waals surface area contributed by atoms with Crippen LogP contribution in [-0.2, 0) is 9.59 Å². The van der Waals surface area contributed by atoms with E-state index in [-0.39, 0.29) is 19.5 Å². The minimum absolute atomic E-state index is 0.216. The number of carbonyl (C=O) groups is 4. The molecule has 3 aromatic rings. The number of aliphatic carboxylic acids is 1. The van der Waals surface area contributed by atoms with Gasteiger partial charge in [0, 0.05) is 29.4 Å². The van der Waals surface area contributed by atoms with Crippen LogP contribution in [0.1, 0.15) is 45.9 Å². The summed E-state index contributed by atoms with van der Waals surface area (Å²) in [5.74, 6) is -2.21. The summed E-state index contributed by atoms with van der Waals surface area (Å²) in [5.41, 5.74) is 3.31. The normalized spacial score (nSPS) is 15.7. The zero-order valence-corrected chi connectivity index (χ0v) is 23.0. The van der Waals surface area contributed by atoms with Gasteiger partial charge in [-0.15, -0.1) is 0 Å². The maximum absolute atomic E-state index is 13.9. The Morgan fingerprint density at radius 2 is 1.57 bits per heavy atom. The van der Waals surface area contributed by atoms with Crippen LogP contribution in [0.5, 0.6) is 0 Å². The number of benzene rings is 3. The Morgan fingerprint density at radius 3 is 2.23 bits per heavy atom. The second-order valence-corrected chi connectivity index (χ2v) is 10.2. The van der Waals surface area contributed by atoms with E-state index in [2.05, 4.69) is 10.6 Å². The van der Waals surface area contributed by atoms with Gasteiger partial charge in [-0.1, -0.05) is 53.6 Å². The molecule has 1 aliphatic heterocycles. The Balaban J connectivity index is 1.68. The average Bonchev–Trinajstić information content (AvgIpc) is 2.92. The minimum atomic E-state index is -1.32. The number of hydrogen-bond acceptors (Lipinski definition) is 4. The standard InChI is InChI=1S/C30H31ClN4O5/c1-19-6-3-8-22(16-19)25(18-26(36)37)33-27(38)28-34(29(39)21-10-12-23(31)13-11-21)14-5-15-35(28)30(40)32-24-9-4-7-20(2)17-24/h3-4,6-13,16-17,25,28H,5,14-15,18H2,1-2H3,(H,32,40)(H,33,38)(H,36,37). The fourth-order valence-electron chi connectivity index (χ4n) is 4.77. The Kier molecular flexibility index (Phi) is 9.06. The van der Waals surface area contributed by atoms with Gasteiger partial charge < -0.3 is 20.6 Å². The molecule has 3 N–H and O–H groups in total. The summed E-state index contributed by atoms with van der Waals surface area (Å²) >= 11 is 6.00. The topological polar surface area (TPSA) is 119 Å². The molecule has 208 valence electrons. The molecule has 2 unspecified atom stereocenters. The Labute approximate surface area is 237 Å². The number of anilines is 1. The molecule has 4 amide bonds. The molecular formula is C30H31ClN4O5. The first-order valence-corrected chi connectivity index (χ1v) is 13.3. The molecule has 0 aromatic heterocycles. The van der Waals surface area contributed by atoms with E-state index in [0.29, 0.717) is 28.3 Å². The number of nitrogens with one attached hydrogen (secondary N) is 2. The Bertz CT molecular complexity index is 1410. The van der Waals surface area contributed by atoms with Crippen molar-refractivity contribution in [1.29, 1.82) is 0 Å². The van der Waals surface area contributed by atoms with E-state index in [9.17, 15) is 24.3 Å². The van der Waals surface area contributed by atoms with Crippen LogP contribution < -0.4 is 10.6 Å². The van der Waals surface area contributed by atoms with Gasteiger partial charge in [0.2, 0.25) is 0 Å². The van der Waals surface area contributed by atoms with E-state index in [0.717, 1.165) is 11.1 Å². The highest BCUT2D eigenvalue weighted by atomic mass is 35.5. The predicted molar refractivity (Wildman–Crippen MR) is 152 cm³/mol. The predicted octanol–water partition coefficient (Wildman–Crippen LogP) is 5.00. The van der Waals surface area contributed by atoms with Crippen LogP contribution in [0.3, 0.4) is 0 Å². The van der Waals surface area contributed by atoms with Gasteiger partial charge in [-0.3, -0.25) is 19.3 Å². The maximum Gasteiger partial charge on any atom is 0.323 e. The van der Waals surface area contributed by atoms with Gasteiger partial charge >= 0.3 is 12.0 Å². The summed E-state index contributed by atoms with van der Waals surface area (Å²) in [7, 11) is 0. The molecule has 10 heteroatoms. The summed E-state index contributed by atoms with van der Waals surface area (Å²) in [5, 5.41) is 15.7. The van der Waals surface area contributed by atoms with E-state index in [1.807, 2.05) is 26.0 Å². The Morgan fingerprint density at radius 1 is 0.925 bits per heavy atom. The number of carboxylic acid groups (broad SMARTS) is 1. The van der Waals surface area contributed by atoms with Gasteiger partial charge in [0.05, 0.1) is 12.5 Å². The summed E-state index contributed by atoms with van der Waals surface area (Å²) in [4.78, 5) is 55.4. The third kappa shape index (κ3) is 6.98. The van der Waals surface area contributed by atoms with Crippen molar-refractivity contribution in [1.82, 2.24) is 15.1 Å². The molecule has 1 fully saturated rings. The lowest BCUT2D eigenvalue weighted by Gasteiger charge is -2.43. The van der Waals surface area contributed by atoms with Crippen LogP contribution in [0.2, 0.25) is 5.02 Å². The number of halogens is 1. The molecule has 3 aromatic carbocycles. The molecule has 0 saturated carbocycles. The number of urea groups is 1. The van der Waals surface area contributed by atoms with Crippen LogP contribution in [-0.4, -0.2) is 58.0 Å². The summed E-state index contributed by atoms with van der Waals surface area (Å²) < 4.78 is 0. The number of carboxylic acids is 1. The molecular weight excluding hydrogens is 532 g/mol. The van der Waals surface area contributed by atoms with Gasteiger partial charge in [-0.2, -0.15) is 0 Å². The largest absolute Gasteiger partial charge is 0.481 e. The number of nitrogens with zero attached hydrogens (tertiary/aromatic N) is 2. The highest BCUT2D eigenvalue weighted by Gasteiger charge is 2.41. The van der Waals surface area contributed by atoms with E-state index in [4.69, 9.17) is 11.6 Å². The molecule has 0 radical (unpaired) electrons. The molecule has 0 spiro atoms. The fourth-order valence-corrected chi connectivity index (χ4v) is 4.89. The van der Waals surface area contributed by atoms with Crippen LogP contribution >= 0.6 is 11.6 Å². The molecule has 4 rings (SSSR count). The lowest BCUT2D eigenvalue weighted by molar-refractivity contribution is -0.138. The summed E-state index contributed by atoms with van der Waals surface area (Å²) in [6.45, 7) is 4.21. The first-order chi connectivity index (χ1) is 19.1. The van der Waals surface area contributed by atoms with Crippen LogP contribution in [0.4, 0.5) is 10.5 Å². The smallest absolute Gasteiger partial charge is 0.323 e. The number of aryl methyl sites for hydroxylation is 2. The molecule has 40 heavy (non-hydrogen) atoms. The fraction of sp³-hybridized carbons (Fsp3) is 0.267. The SMILES string of the molecule is Cc1cccc(NC(=O)N2CCCN(C(=O)c3ccc(Cl)cc3)C2C(=O)NC(CC(=O)O)c2cccc(C)c2)c1. The van der Waals surface area contributed by atoms with Crippen molar-refractivity contribution in [2.45, 2.75) is 38.9 Å². The minimum Gasteiger partial charge on any atom is -0.481 e. The summed E-state index contributed by atoms with van der Waals surface area (Å²) in [6.07, 6.45) is -1.24. The van der Waals surface area contributed by atoms with Crippen LogP contribution in [0.25, 0.3) is 0 Å². The molecule has 9 nitrogen and oxygen atoms in total. The van der Waals surface area contributed by atoms with E-state index in [1.54, 1.807) is 60.7 Å². The van der Waals surface area contributed by atoms with Crippen LogP contribution in [0.15, 0.2) is 72.8 Å². The summed E-state index contributed by atoms with van der Waals surface area (Å²) in [6, 6.07) is 19.3. The van der Waals surface area contributed by atoms with Gasteiger partial charge in [0.1, 0.15) is 0 Å². The van der Waals surface area contributed by atoms with Crippen molar-refractivity contribution in [3.63, 3.8) is 0 Å². The van der Waals surface area contributed by atoms with E-state index < -0.39 is 36.0 Å². The van der Waals surface area contributed by atoms with Crippen molar-refractivity contribution in [2.75, 3.05) is 18.4 Å². The zero-order chi connectivity index (χ0) is 28.8. The monoisotopic (exact) mass is 562 g/mol. The number of amides is 4. The molecule has 1 heterocycles. The first-order valence-electron chi connectivity index (χ1n) is 12.9. The highest BCUT2D eigenvalue weighted by Crippen LogP contribution is 2.24. The lowest BCUT2D eigenvalue weighted by atomic mass is 10.0.